The molecule has 4 heteroatoms. The van der Waals surface area contributed by atoms with Crippen LogP contribution in [0.1, 0.15) is 45.1 Å². The molecule has 0 aliphatic rings. The fourth-order valence-corrected chi connectivity index (χ4v) is 2.22. The Hall–Kier alpha value is -1.60. The predicted octanol–water partition coefficient (Wildman–Crippen LogP) is 4.06. The quantitative estimate of drug-likeness (QED) is 0.743. The number of nitrogens with one attached hydrogen (secondary N) is 2. The van der Waals surface area contributed by atoms with Crippen molar-refractivity contribution < 1.29 is 0 Å². The van der Waals surface area contributed by atoms with Crippen molar-refractivity contribution in [3.05, 3.63) is 29.8 Å². The Morgan fingerprint density at radius 2 is 2.20 bits per heavy atom. The Labute approximate surface area is 127 Å². The monoisotopic (exact) mass is 289 g/mol. The maximum atomic E-state index is 8.86. The van der Waals surface area contributed by atoms with Gasteiger partial charge in [-0.1, -0.05) is 39.2 Å². The molecule has 0 heterocycles. The summed E-state index contributed by atoms with van der Waals surface area (Å²) in [6, 6.07) is 9.44. The molecule has 0 saturated carbocycles. The van der Waals surface area contributed by atoms with Crippen LogP contribution >= 0.6 is 12.2 Å². The molecule has 3 nitrogen and oxygen atoms in total. The highest BCUT2D eigenvalue weighted by Gasteiger charge is 2.06. The van der Waals surface area contributed by atoms with Crippen LogP contribution in [0, 0.1) is 17.2 Å². The molecule has 0 spiro atoms. The summed E-state index contributed by atoms with van der Waals surface area (Å²) in [6.45, 7) is 5.34. The van der Waals surface area contributed by atoms with Crippen molar-refractivity contribution in [3.8, 4) is 6.07 Å². The first-order valence-corrected chi connectivity index (χ1v) is 7.65. The molecule has 0 aliphatic carbocycles. The Bertz CT molecular complexity index is 465. The maximum Gasteiger partial charge on any atom is 0.170 e. The van der Waals surface area contributed by atoms with Gasteiger partial charge >= 0.3 is 0 Å². The molecule has 1 atom stereocenters. The third-order valence-electron chi connectivity index (χ3n) is 3.34. The summed E-state index contributed by atoms with van der Waals surface area (Å²) >= 11 is 5.29. The number of unbranched alkanes of at least 4 members (excludes halogenated alkanes) is 1. The van der Waals surface area contributed by atoms with E-state index < -0.39 is 0 Å². The average Bonchev–Trinajstić information content (AvgIpc) is 2.47. The number of nitrogens with zero attached hydrogens (tertiary/aromatic N) is 1. The van der Waals surface area contributed by atoms with Gasteiger partial charge in [-0.15, -0.1) is 0 Å². The standard InChI is InChI=1S/C16H23N3S/c1-3-5-7-13(4-2)12-18-16(20)19-15-9-6-8-14(10-15)11-17/h6,8-10,13H,3-5,7,12H2,1-2H3,(H2,18,19,20)/t13-/m0/s1. The van der Waals surface area contributed by atoms with Gasteiger partial charge in [0.15, 0.2) is 5.11 Å². The van der Waals surface area contributed by atoms with Gasteiger partial charge < -0.3 is 10.6 Å². The molecular weight excluding hydrogens is 266 g/mol. The number of rotatable bonds is 7. The first kappa shape index (κ1) is 16.5. The number of anilines is 1. The van der Waals surface area contributed by atoms with Gasteiger partial charge in [-0.2, -0.15) is 5.26 Å². The minimum absolute atomic E-state index is 0.620. The molecular formula is C16H23N3S. The van der Waals surface area contributed by atoms with E-state index in [-0.39, 0.29) is 0 Å². The van der Waals surface area contributed by atoms with Gasteiger partial charge in [0.25, 0.3) is 0 Å². The molecule has 0 bridgehead atoms. The van der Waals surface area contributed by atoms with Gasteiger partial charge in [-0.05, 0) is 42.8 Å². The molecule has 1 rings (SSSR count). The second kappa shape index (κ2) is 9.33. The number of nitriles is 1. The molecule has 0 aromatic heterocycles. The molecule has 20 heavy (non-hydrogen) atoms. The van der Waals surface area contributed by atoms with Crippen LogP contribution in [-0.2, 0) is 0 Å². The number of hydrogen-bond acceptors (Lipinski definition) is 2. The van der Waals surface area contributed by atoms with Gasteiger partial charge in [0.1, 0.15) is 0 Å². The highest BCUT2D eigenvalue weighted by molar-refractivity contribution is 7.80. The highest BCUT2D eigenvalue weighted by Crippen LogP contribution is 2.12. The maximum absolute atomic E-state index is 8.86. The van der Waals surface area contributed by atoms with E-state index in [1.807, 2.05) is 12.1 Å². The van der Waals surface area contributed by atoms with Crippen molar-refractivity contribution in [3.63, 3.8) is 0 Å². The zero-order chi connectivity index (χ0) is 14.8. The summed E-state index contributed by atoms with van der Waals surface area (Å²) < 4.78 is 0. The van der Waals surface area contributed by atoms with Crippen LogP contribution in [0.25, 0.3) is 0 Å². The Kier molecular flexibility index (Phi) is 7.67. The van der Waals surface area contributed by atoms with Crippen molar-refractivity contribution in [1.82, 2.24) is 5.32 Å². The van der Waals surface area contributed by atoms with Crippen LogP contribution < -0.4 is 10.6 Å². The SMILES string of the molecule is CCCC[C@H](CC)CNC(=S)Nc1cccc(C#N)c1. The molecule has 108 valence electrons. The molecule has 1 aromatic rings. The minimum atomic E-state index is 0.620. The smallest absolute Gasteiger partial charge is 0.170 e. The van der Waals surface area contributed by atoms with Crippen molar-refractivity contribution in [1.29, 1.82) is 5.26 Å². The molecule has 1 aromatic carbocycles. The fraction of sp³-hybridized carbons (Fsp3) is 0.500. The first-order chi connectivity index (χ1) is 9.69. The Morgan fingerprint density at radius 3 is 2.85 bits per heavy atom. The van der Waals surface area contributed by atoms with Gasteiger partial charge in [-0.3, -0.25) is 0 Å². The normalized spacial score (nSPS) is 11.4. The molecule has 0 aliphatic heterocycles. The summed E-state index contributed by atoms with van der Waals surface area (Å²) in [5.74, 6) is 0.667. The van der Waals surface area contributed by atoms with E-state index in [2.05, 4.69) is 30.6 Å². The van der Waals surface area contributed by atoms with Crippen LogP contribution in [0.5, 0.6) is 0 Å². The van der Waals surface area contributed by atoms with E-state index in [9.17, 15) is 0 Å². The van der Waals surface area contributed by atoms with Crippen molar-refractivity contribution >= 4 is 23.0 Å². The average molecular weight is 289 g/mol. The van der Waals surface area contributed by atoms with Gasteiger partial charge in [0, 0.05) is 12.2 Å². The number of hydrogen-bond donors (Lipinski definition) is 2. The zero-order valence-electron chi connectivity index (χ0n) is 12.3. The molecule has 0 fully saturated rings. The first-order valence-electron chi connectivity index (χ1n) is 7.24. The predicted molar refractivity (Wildman–Crippen MR) is 88.7 cm³/mol. The lowest BCUT2D eigenvalue weighted by molar-refractivity contribution is 0.446. The summed E-state index contributed by atoms with van der Waals surface area (Å²) in [7, 11) is 0. The molecule has 0 radical (unpaired) electrons. The van der Waals surface area contributed by atoms with Gasteiger partial charge in [0.2, 0.25) is 0 Å². The lowest BCUT2D eigenvalue weighted by Gasteiger charge is -2.17. The van der Waals surface area contributed by atoms with Crippen molar-refractivity contribution in [2.75, 3.05) is 11.9 Å². The van der Waals surface area contributed by atoms with Gasteiger partial charge in [0.05, 0.1) is 11.6 Å². The third kappa shape index (κ3) is 6.03. The summed E-state index contributed by atoms with van der Waals surface area (Å²) in [5.41, 5.74) is 1.48. The van der Waals surface area contributed by atoms with E-state index in [0.29, 0.717) is 16.6 Å². The van der Waals surface area contributed by atoms with E-state index in [1.54, 1.807) is 12.1 Å². The molecule has 0 amide bonds. The second-order valence-corrected chi connectivity index (χ2v) is 5.35. The van der Waals surface area contributed by atoms with Crippen molar-refractivity contribution in [2.24, 2.45) is 5.92 Å². The van der Waals surface area contributed by atoms with Crippen LogP contribution in [0.3, 0.4) is 0 Å². The Balaban J connectivity index is 2.41. The summed E-state index contributed by atoms with van der Waals surface area (Å²) in [5, 5.41) is 15.9. The number of thiocarbonyl (C=S) groups is 1. The van der Waals surface area contributed by atoms with Crippen LogP contribution in [-0.4, -0.2) is 11.7 Å². The van der Waals surface area contributed by atoms with E-state index in [4.69, 9.17) is 17.5 Å². The molecule has 0 saturated heterocycles. The highest BCUT2D eigenvalue weighted by atomic mass is 32.1. The number of benzene rings is 1. The zero-order valence-corrected chi connectivity index (χ0v) is 13.1. The lowest BCUT2D eigenvalue weighted by atomic mass is 9.99. The summed E-state index contributed by atoms with van der Waals surface area (Å²) in [6.07, 6.45) is 4.91. The Morgan fingerprint density at radius 1 is 1.40 bits per heavy atom. The summed E-state index contributed by atoms with van der Waals surface area (Å²) in [4.78, 5) is 0. The molecule has 2 N–H and O–H groups in total. The second-order valence-electron chi connectivity index (χ2n) is 4.94. The third-order valence-corrected chi connectivity index (χ3v) is 3.59. The van der Waals surface area contributed by atoms with E-state index in [1.165, 1.54) is 25.7 Å². The van der Waals surface area contributed by atoms with Crippen LogP contribution in [0.4, 0.5) is 5.69 Å². The fourth-order valence-electron chi connectivity index (χ4n) is 2.02. The molecule has 0 unspecified atom stereocenters. The lowest BCUT2D eigenvalue weighted by Crippen LogP contribution is -2.32. The van der Waals surface area contributed by atoms with Gasteiger partial charge in [-0.25, -0.2) is 0 Å². The van der Waals surface area contributed by atoms with E-state index >= 15 is 0 Å². The minimum Gasteiger partial charge on any atom is -0.362 e. The van der Waals surface area contributed by atoms with Crippen LogP contribution in [0.15, 0.2) is 24.3 Å². The largest absolute Gasteiger partial charge is 0.362 e. The van der Waals surface area contributed by atoms with E-state index in [0.717, 1.165) is 12.2 Å². The van der Waals surface area contributed by atoms with Crippen molar-refractivity contribution in [2.45, 2.75) is 39.5 Å². The topological polar surface area (TPSA) is 47.8 Å². The van der Waals surface area contributed by atoms with Crippen LogP contribution in [0.2, 0.25) is 0 Å².